The van der Waals surface area contributed by atoms with Crippen molar-refractivity contribution < 1.29 is 14.7 Å². The maximum Gasteiger partial charge on any atom is 0.335 e. The van der Waals surface area contributed by atoms with Gasteiger partial charge in [0, 0.05) is 12.7 Å². The molecule has 0 spiro atoms. The molecule has 8 heteroatoms. The smallest absolute Gasteiger partial charge is 0.335 e. The van der Waals surface area contributed by atoms with Crippen molar-refractivity contribution in [3.63, 3.8) is 0 Å². The fraction of sp³-hybridized carbons (Fsp3) is 0.231. The zero-order valence-corrected chi connectivity index (χ0v) is 11.6. The van der Waals surface area contributed by atoms with Crippen LogP contribution in [0.1, 0.15) is 21.7 Å². The number of carboxylic acid groups (broad SMARTS) is 1. The summed E-state index contributed by atoms with van der Waals surface area (Å²) in [4.78, 5) is 28.4. The predicted molar refractivity (Wildman–Crippen MR) is 75.0 cm³/mol. The van der Waals surface area contributed by atoms with Gasteiger partial charge in [0.2, 0.25) is 0 Å². The van der Waals surface area contributed by atoms with Crippen LogP contribution in [-0.4, -0.2) is 44.2 Å². The van der Waals surface area contributed by atoms with E-state index < -0.39 is 5.97 Å². The first-order valence-electron chi connectivity index (χ1n) is 6.17. The number of anilines is 1. The number of hydrogen-bond acceptors (Lipinski definition) is 4. The molecule has 0 saturated heterocycles. The number of urea groups is 1. The standard InChI is InChI=1S/C13H15N5O3/c1-8-3-4-9(12(19)20)5-10(8)16-13(21)18(2)6-11-14-7-15-17-11/h3-5,7H,6H2,1-2H3,(H,16,21)(H,19,20)(H,14,15,17). The molecule has 2 rings (SSSR count). The highest BCUT2D eigenvalue weighted by Gasteiger charge is 2.13. The van der Waals surface area contributed by atoms with Crippen molar-refractivity contribution in [3.8, 4) is 0 Å². The van der Waals surface area contributed by atoms with E-state index in [0.29, 0.717) is 11.5 Å². The van der Waals surface area contributed by atoms with Crippen LogP contribution in [-0.2, 0) is 6.54 Å². The molecule has 3 N–H and O–H groups in total. The van der Waals surface area contributed by atoms with Gasteiger partial charge >= 0.3 is 12.0 Å². The largest absolute Gasteiger partial charge is 0.478 e. The van der Waals surface area contributed by atoms with Crippen molar-refractivity contribution in [2.24, 2.45) is 0 Å². The van der Waals surface area contributed by atoms with Crippen LogP contribution >= 0.6 is 0 Å². The van der Waals surface area contributed by atoms with E-state index in [1.54, 1.807) is 20.0 Å². The van der Waals surface area contributed by atoms with Crippen molar-refractivity contribution in [1.29, 1.82) is 0 Å². The minimum atomic E-state index is -1.04. The lowest BCUT2D eigenvalue weighted by Gasteiger charge is -2.17. The molecule has 0 saturated carbocycles. The molecule has 0 aliphatic carbocycles. The minimum Gasteiger partial charge on any atom is -0.478 e. The zero-order valence-electron chi connectivity index (χ0n) is 11.6. The number of amides is 2. The molecule has 0 atom stereocenters. The van der Waals surface area contributed by atoms with Crippen molar-refractivity contribution in [2.75, 3.05) is 12.4 Å². The molecule has 1 heterocycles. The molecule has 110 valence electrons. The van der Waals surface area contributed by atoms with Gasteiger partial charge in [0.1, 0.15) is 12.2 Å². The third kappa shape index (κ3) is 3.56. The number of carbonyl (C=O) groups is 2. The van der Waals surface area contributed by atoms with Crippen molar-refractivity contribution in [1.82, 2.24) is 20.1 Å². The number of aromatic carboxylic acids is 1. The Balaban J connectivity index is 2.08. The molecule has 0 fully saturated rings. The van der Waals surface area contributed by atoms with Crippen LogP contribution in [0.25, 0.3) is 0 Å². The van der Waals surface area contributed by atoms with Gasteiger partial charge in [-0.1, -0.05) is 6.07 Å². The first-order valence-corrected chi connectivity index (χ1v) is 6.17. The molecule has 0 aliphatic rings. The maximum atomic E-state index is 12.1. The van der Waals surface area contributed by atoms with Crippen molar-refractivity contribution >= 4 is 17.7 Å². The highest BCUT2D eigenvalue weighted by atomic mass is 16.4. The maximum absolute atomic E-state index is 12.1. The summed E-state index contributed by atoms with van der Waals surface area (Å²) in [6, 6.07) is 4.20. The van der Waals surface area contributed by atoms with Crippen LogP contribution < -0.4 is 5.32 Å². The normalized spacial score (nSPS) is 10.2. The van der Waals surface area contributed by atoms with E-state index in [2.05, 4.69) is 20.5 Å². The molecule has 0 aliphatic heterocycles. The molecular formula is C13H15N5O3. The monoisotopic (exact) mass is 289 g/mol. The van der Waals surface area contributed by atoms with Crippen LogP contribution in [0.4, 0.5) is 10.5 Å². The first-order chi connectivity index (χ1) is 9.97. The number of aromatic nitrogens is 3. The van der Waals surface area contributed by atoms with E-state index in [4.69, 9.17) is 5.11 Å². The van der Waals surface area contributed by atoms with Crippen LogP contribution in [0.5, 0.6) is 0 Å². The number of rotatable bonds is 4. The predicted octanol–water partition coefficient (Wildman–Crippen LogP) is 1.48. The lowest BCUT2D eigenvalue weighted by Crippen LogP contribution is -2.31. The topological polar surface area (TPSA) is 111 Å². The molecule has 0 radical (unpaired) electrons. The Labute approximate surface area is 120 Å². The fourth-order valence-corrected chi connectivity index (χ4v) is 1.70. The summed E-state index contributed by atoms with van der Waals surface area (Å²) in [7, 11) is 1.61. The lowest BCUT2D eigenvalue weighted by atomic mass is 10.1. The molecule has 21 heavy (non-hydrogen) atoms. The van der Waals surface area contributed by atoms with Crippen LogP contribution in [0.2, 0.25) is 0 Å². The highest BCUT2D eigenvalue weighted by Crippen LogP contribution is 2.17. The van der Waals surface area contributed by atoms with E-state index in [9.17, 15) is 9.59 Å². The summed E-state index contributed by atoms with van der Waals surface area (Å²) in [6.45, 7) is 2.06. The Morgan fingerprint density at radius 1 is 1.43 bits per heavy atom. The SMILES string of the molecule is Cc1ccc(C(=O)O)cc1NC(=O)N(C)Cc1ncn[nH]1. The van der Waals surface area contributed by atoms with Gasteiger partial charge in [-0.3, -0.25) is 5.10 Å². The van der Waals surface area contributed by atoms with Gasteiger partial charge in [-0.25, -0.2) is 14.6 Å². The second kappa shape index (κ2) is 6.04. The molecule has 1 aromatic carbocycles. The number of aryl methyl sites for hydroxylation is 1. The van der Waals surface area contributed by atoms with Gasteiger partial charge in [-0.15, -0.1) is 0 Å². The molecule has 8 nitrogen and oxygen atoms in total. The van der Waals surface area contributed by atoms with Gasteiger partial charge in [-0.05, 0) is 24.6 Å². The third-order valence-electron chi connectivity index (χ3n) is 2.92. The average Bonchev–Trinajstić information content (AvgIpc) is 2.93. The molecule has 1 aromatic heterocycles. The van der Waals surface area contributed by atoms with E-state index >= 15 is 0 Å². The second-order valence-corrected chi connectivity index (χ2v) is 4.55. The number of benzene rings is 1. The second-order valence-electron chi connectivity index (χ2n) is 4.55. The molecule has 2 aromatic rings. The lowest BCUT2D eigenvalue weighted by molar-refractivity contribution is 0.0697. The Morgan fingerprint density at radius 2 is 2.19 bits per heavy atom. The quantitative estimate of drug-likeness (QED) is 0.789. The molecule has 2 amide bonds. The summed E-state index contributed by atoms with van der Waals surface area (Å²) in [5, 5.41) is 18.0. The number of carboxylic acids is 1. The molecule has 0 unspecified atom stereocenters. The number of aromatic amines is 1. The summed E-state index contributed by atoms with van der Waals surface area (Å²) in [5.41, 5.74) is 1.36. The van der Waals surface area contributed by atoms with Crippen LogP contribution in [0.15, 0.2) is 24.5 Å². The first kappa shape index (κ1) is 14.5. The van der Waals surface area contributed by atoms with E-state index in [1.807, 2.05) is 0 Å². The summed E-state index contributed by atoms with van der Waals surface area (Å²) < 4.78 is 0. The van der Waals surface area contributed by atoms with Crippen molar-refractivity contribution in [3.05, 3.63) is 41.5 Å². The van der Waals surface area contributed by atoms with Gasteiger partial charge in [0.05, 0.1) is 12.1 Å². The van der Waals surface area contributed by atoms with E-state index in [-0.39, 0.29) is 18.1 Å². The van der Waals surface area contributed by atoms with Gasteiger partial charge in [0.25, 0.3) is 0 Å². The number of H-pyrrole nitrogens is 1. The zero-order chi connectivity index (χ0) is 15.4. The Kier molecular flexibility index (Phi) is 4.17. The Bertz CT molecular complexity index is 654. The Hall–Kier alpha value is -2.90. The third-order valence-corrected chi connectivity index (χ3v) is 2.92. The minimum absolute atomic E-state index is 0.119. The highest BCUT2D eigenvalue weighted by molar-refractivity contribution is 5.93. The number of hydrogen-bond donors (Lipinski definition) is 3. The van der Waals surface area contributed by atoms with E-state index in [1.165, 1.54) is 23.4 Å². The van der Waals surface area contributed by atoms with Gasteiger partial charge in [-0.2, -0.15) is 5.10 Å². The Morgan fingerprint density at radius 3 is 2.81 bits per heavy atom. The summed E-state index contributed by atoms with van der Waals surface area (Å²) >= 11 is 0. The average molecular weight is 289 g/mol. The van der Waals surface area contributed by atoms with Crippen LogP contribution in [0, 0.1) is 6.92 Å². The number of nitrogens with zero attached hydrogens (tertiary/aromatic N) is 3. The summed E-state index contributed by atoms with van der Waals surface area (Å²) in [5.74, 6) is -0.482. The molecular weight excluding hydrogens is 274 g/mol. The number of carbonyl (C=O) groups excluding carboxylic acids is 1. The van der Waals surface area contributed by atoms with Gasteiger partial charge < -0.3 is 15.3 Å². The van der Waals surface area contributed by atoms with E-state index in [0.717, 1.165) is 5.56 Å². The van der Waals surface area contributed by atoms with Gasteiger partial charge in [0.15, 0.2) is 0 Å². The van der Waals surface area contributed by atoms with Crippen LogP contribution in [0.3, 0.4) is 0 Å². The van der Waals surface area contributed by atoms with Crippen molar-refractivity contribution in [2.45, 2.75) is 13.5 Å². The fourth-order valence-electron chi connectivity index (χ4n) is 1.70. The number of nitrogens with one attached hydrogen (secondary N) is 2. The summed E-state index contributed by atoms with van der Waals surface area (Å²) in [6.07, 6.45) is 1.36. The molecule has 0 bridgehead atoms.